The number of ether oxygens (including phenoxy) is 1. The number of amides is 2. The van der Waals surface area contributed by atoms with Crippen LogP contribution in [0.15, 0.2) is 24.3 Å². The minimum absolute atomic E-state index is 0.0150. The van der Waals surface area contributed by atoms with Gasteiger partial charge in [0.15, 0.2) is 0 Å². The Morgan fingerprint density at radius 2 is 1.65 bits per heavy atom. The fourth-order valence-corrected chi connectivity index (χ4v) is 2.88. The first-order chi connectivity index (χ1) is 12.4. The standard InChI is InChI=1S/C18H16N2O6/c1-4-12-13(17(23)25-3)9(2)14(19-12)18(24)26-20-15(21)10-7-5-6-8-11(10)16(20)22/h5-8,19H,4H2,1-3H3. The summed E-state index contributed by atoms with van der Waals surface area (Å²) in [6, 6.07) is 6.18. The Labute approximate surface area is 148 Å². The summed E-state index contributed by atoms with van der Waals surface area (Å²) in [5.41, 5.74) is 1.39. The molecule has 0 radical (unpaired) electrons. The van der Waals surface area contributed by atoms with Crippen molar-refractivity contribution in [2.24, 2.45) is 0 Å². The van der Waals surface area contributed by atoms with Gasteiger partial charge in [0.2, 0.25) is 0 Å². The van der Waals surface area contributed by atoms with Crippen LogP contribution in [0.1, 0.15) is 59.7 Å². The van der Waals surface area contributed by atoms with E-state index < -0.39 is 23.8 Å². The molecule has 0 fully saturated rings. The fraction of sp³-hybridized carbons (Fsp3) is 0.222. The smallest absolute Gasteiger partial charge is 0.380 e. The van der Waals surface area contributed by atoms with E-state index in [1.165, 1.54) is 19.2 Å². The van der Waals surface area contributed by atoms with Crippen molar-refractivity contribution < 1.29 is 28.8 Å². The minimum Gasteiger partial charge on any atom is -0.465 e. The number of hydrogen-bond acceptors (Lipinski definition) is 6. The number of esters is 1. The maximum absolute atomic E-state index is 12.5. The van der Waals surface area contributed by atoms with E-state index in [1.807, 2.05) is 0 Å². The molecular weight excluding hydrogens is 340 g/mol. The second-order valence-corrected chi connectivity index (χ2v) is 5.65. The van der Waals surface area contributed by atoms with Crippen LogP contribution in [0.2, 0.25) is 0 Å². The molecule has 1 N–H and O–H groups in total. The van der Waals surface area contributed by atoms with E-state index in [2.05, 4.69) is 4.98 Å². The molecule has 8 nitrogen and oxygen atoms in total. The van der Waals surface area contributed by atoms with Crippen LogP contribution < -0.4 is 0 Å². The summed E-state index contributed by atoms with van der Waals surface area (Å²) in [4.78, 5) is 56.8. The van der Waals surface area contributed by atoms with Crippen molar-refractivity contribution in [1.29, 1.82) is 0 Å². The molecule has 2 amide bonds. The van der Waals surface area contributed by atoms with Crippen molar-refractivity contribution in [3.05, 3.63) is 57.9 Å². The van der Waals surface area contributed by atoms with Gasteiger partial charge >= 0.3 is 11.9 Å². The molecule has 0 unspecified atom stereocenters. The van der Waals surface area contributed by atoms with Gasteiger partial charge in [-0.2, -0.15) is 0 Å². The summed E-state index contributed by atoms with van der Waals surface area (Å²) in [6.45, 7) is 3.36. The minimum atomic E-state index is -0.943. The third-order valence-corrected chi connectivity index (χ3v) is 4.21. The van der Waals surface area contributed by atoms with E-state index in [9.17, 15) is 19.2 Å². The van der Waals surface area contributed by atoms with Gasteiger partial charge in [-0.3, -0.25) is 9.59 Å². The lowest BCUT2D eigenvalue weighted by Crippen LogP contribution is -2.33. The summed E-state index contributed by atoms with van der Waals surface area (Å²) in [6.07, 6.45) is 0.450. The molecule has 8 heteroatoms. The highest BCUT2D eigenvalue weighted by atomic mass is 16.7. The molecule has 0 bridgehead atoms. The van der Waals surface area contributed by atoms with Gasteiger partial charge in [-0.15, -0.1) is 0 Å². The zero-order valence-electron chi connectivity index (χ0n) is 14.4. The van der Waals surface area contributed by atoms with Crippen LogP contribution in [0.4, 0.5) is 0 Å². The summed E-state index contributed by atoms with van der Waals surface area (Å²) in [5.74, 6) is -2.96. The zero-order valence-corrected chi connectivity index (χ0v) is 14.4. The van der Waals surface area contributed by atoms with Crippen molar-refractivity contribution in [1.82, 2.24) is 10.0 Å². The van der Waals surface area contributed by atoms with Gasteiger partial charge in [0.25, 0.3) is 11.8 Å². The monoisotopic (exact) mass is 356 g/mol. The molecule has 0 spiro atoms. The average Bonchev–Trinajstić information content (AvgIpc) is 3.11. The molecule has 134 valence electrons. The molecule has 0 saturated heterocycles. The van der Waals surface area contributed by atoms with Crippen molar-refractivity contribution in [2.75, 3.05) is 7.11 Å². The second-order valence-electron chi connectivity index (χ2n) is 5.65. The third-order valence-electron chi connectivity index (χ3n) is 4.21. The van der Waals surface area contributed by atoms with Crippen LogP contribution in [0.5, 0.6) is 0 Å². The van der Waals surface area contributed by atoms with Gasteiger partial charge in [-0.25, -0.2) is 9.59 Å². The van der Waals surface area contributed by atoms with Crippen LogP contribution in [0.25, 0.3) is 0 Å². The first kappa shape index (κ1) is 17.4. The number of H-pyrrole nitrogens is 1. The van der Waals surface area contributed by atoms with E-state index in [-0.39, 0.29) is 22.4 Å². The maximum Gasteiger partial charge on any atom is 0.380 e. The number of fused-ring (bicyclic) bond motifs is 1. The number of hydrogen-bond donors (Lipinski definition) is 1. The summed E-state index contributed by atoms with van der Waals surface area (Å²) in [7, 11) is 1.24. The predicted molar refractivity (Wildman–Crippen MR) is 88.6 cm³/mol. The number of imide groups is 1. The molecule has 3 rings (SSSR count). The van der Waals surface area contributed by atoms with E-state index in [1.54, 1.807) is 26.0 Å². The average molecular weight is 356 g/mol. The summed E-state index contributed by atoms with van der Waals surface area (Å²) in [5, 5.41) is 0.427. The number of rotatable bonds is 4. The third kappa shape index (κ3) is 2.55. The van der Waals surface area contributed by atoms with Gasteiger partial charge in [0, 0.05) is 5.69 Å². The van der Waals surface area contributed by atoms with Crippen LogP contribution in [-0.2, 0) is 16.0 Å². The first-order valence-corrected chi connectivity index (χ1v) is 7.90. The van der Waals surface area contributed by atoms with E-state index in [0.29, 0.717) is 22.7 Å². The fourth-order valence-electron chi connectivity index (χ4n) is 2.88. The molecule has 0 aliphatic carbocycles. The van der Waals surface area contributed by atoms with Gasteiger partial charge in [-0.1, -0.05) is 24.1 Å². The Morgan fingerprint density at radius 1 is 1.08 bits per heavy atom. The topological polar surface area (TPSA) is 106 Å². The number of benzene rings is 1. The number of nitrogens with zero attached hydrogens (tertiary/aromatic N) is 1. The van der Waals surface area contributed by atoms with Gasteiger partial charge in [0.1, 0.15) is 5.69 Å². The SMILES string of the molecule is CCc1[nH]c(C(=O)ON2C(=O)c3ccccc3C2=O)c(C)c1C(=O)OC. The van der Waals surface area contributed by atoms with E-state index in [0.717, 1.165) is 0 Å². The van der Waals surface area contributed by atoms with Crippen LogP contribution in [-0.4, -0.2) is 40.9 Å². The maximum atomic E-state index is 12.5. The molecule has 26 heavy (non-hydrogen) atoms. The predicted octanol–water partition coefficient (Wildman–Crippen LogP) is 2.04. The first-order valence-electron chi connectivity index (χ1n) is 7.90. The van der Waals surface area contributed by atoms with Crippen molar-refractivity contribution in [2.45, 2.75) is 20.3 Å². The van der Waals surface area contributed by atoms with E-state index in [4.69, 9.17) is 9.57 Å². The van der Waals surface area contributed by atoms with Crippen LogP contribution in [0.3, 0.4) is 0 Å². The Kier molecular flexibility index (Phi) is 4.33. The highest BCUT2D eigenvalue weighted by molar-refractivity contribution is 6.21. The number of aromatic amines is 1. The lowest BCUT2D eigenvalue weighted by Gasteiger charge is -2.12. The van der Waals surface area contributed by atoms with Gasteiger partial charge in [0.05, 0.1) is 23.8 Å². The molecule has 1 aliphatic heterocycles. The number of methoxy groups -OCH3 is 1. The molecule has 1 aliphatic rings. The molecule has 0 saturated carbocycles. The Balaban J connectivity index is 1.90. The molecule has 2 aromatic rings. The number of aromatic nitrogens is 1. The number of carbonyl (C=O) groups excluding carboxylic acids is 4. The zero-order chi connectivity index (χ0) is 19.0. The molecule has 1 aromatic heterocycles. The van der Waals surface area contributed by atoms with Gasteiger partial charge < -0.3 is 14.6 Å². The summed E-state index contributed by atoms with van der Waals surface area (Å²) < 4.78 is 4.73. The second kappa shape index (κ2) is 6.47. The van der Waals surface area contributed by atoms with Crippen LogP contribution >= 0.6 is 0 Å². The number of nitrogens with one attached hydrogen (secondary N) is 1. The van der Waals surface area contributed by atoms with Crippen molar-refractivity contribution in [3.8, 4) is 0 Å². The molecule has 0 atom stereocenters. The normalized spacial score (nSPS) is 13.0. The van der Waals surface area contributed by atoms with E-state index >= 15 is 0 Å². The quantitative estimate of drug-likeness (QED) is 0.664. The Bertz CT molecular complexity index is 908. The summed E-state index contributed by atoms with van der Waals surface area (Å²) >= 11 is 0. The molecule has 2 heterocycles. The van der Waals surface area contributed by atoms with Crippen molar-refractivity contribution in [3.63, 3.8) is 0 Å². The number of carbonyl (C=O) groups is 4. The Morgan fingerprint density at radius 3 is 2.15 bits per heavy atom. The lowest BCUT2D eigenvalue weighted by atomic mass is 10.1. The number of aryl methyl sites for hydroxylation is 1. The van der Waals surface area contributed by atoms with Crippen molar-refractivity contribution >= 4 is 23.8 Å². The van der Waals surface area contributed by atoms with Gasteiger partial charge in [-0.05, 0) is 31.0 Å². The lowest BCUT2D eigenvalue weighted by molar-refractivity contribution is -0.0588. The molecular formula is C18H16N2O6. The highest BCUT2D eigenvalue weighted by Gasteiger charge is 2.39. The largest absolute Gasteiger partial charge is 0.465 e. The highest BCUT2D eigenvalue weighted by Crippen LogP contribution is 2.25. The number of hydroxylamine groups is 2. The molecule has 1 aromatic carbocycles. The Hall–Kier alpha value is -3.42. The van der Waals surface area contributed by atoms with Crippen LogP contribution in [0, 0.1) is 6.92 Å².